The van der Waals surface area contributed by atoms with Crippen molar-refractivity contribution in [1.29, 1.82) is 0 Å². The summed E-state index contributed by atoms with van der Waals surface area (Å²) in [4.78, 5) is 13.2. The third kappa shape index (κ3) is 33.2. The third-order valence-electron chi connectivity index (χ3n) is 15.7. The van der Waals surface area contributed by atoms with Crippen LogP contribution in [0.4, 0.5) is 0 Å². The van der Waals surface area contributed by atoms with Gasteiger partial charge in [0.1, 0.15) is 48.8 Å². The zero-order valence-electron chi connectivity index (χ0n) is 47.8. The van der Waals surface area contributed by atoms with Crippen molar-refractivity contribution in [1.82, 2.24) is 5.32 Å². The van der Waals surface area contributed by atoms with Crippen LogP contribution in [0.3, 0.4) is 0 Å². The second-order valence-corrected chi connectivity index (χ2v) is 22.5. The van der Waals surface area contributed by atoms with E-state index in [2.05, 4.69) is 31.3 Å². The molecule has 0 aliphatic carbocycles. The molecule has 0 aromatic carbocycles. The number of aliphatic hydroxyl groups is 8. The van der Waals surface area contributed by atoms with Crippen LogP contribution in [0.1, 0.15) is 277 Å². The van der Waals surface area contributed by atoms with E-state index in [0.29, 0.717) is 19.3 Å². The quantitative estimate of drug-likeness (QED) is 0.0204. The Labute approximate surface area is 456 Å². The Kier molecular flexibility index (Phi) is 44.3. The molecule has 2 heterocycles. The first-order valence-electron chi connectivity index (χ1n) is 31.4. The number of unbranched alkanes of at least 4 members (excludes halogenated alkanes) is 36. The van der Waals surface area contributed by atoms with Crippen molar-refractivity contribution < 1.29 is 64.6 Å². The summed E-state index contributed by atoms with van der Waals surface area (Å²) < 4.78 is 22.8. The number of ether oxygens (including phenoxy) is 4. The topological polar surface area (TPSA) is 228 Å². The van der Waals surface area contributed by atoms with Crippen LogP contribution in [-0.2, 0) is 23.7 Å². The summed E-state index contributed by atoms with van der Waals surface area (Å²) in [5, 5.41) is 87.2. The highest BCUT2D eigenvalue weighted by molar-refractivity contribution is 5.76. The molecular weight excluding hydrogens is 955 g/mol. The number of nitrogens with one attached hydrogen (secondary N) is 1. The molecule has 2 fully saturated rings. The number of hydrogen-bond donors (Lipinski definition) is 9. The first kappa shape index (κ1) is 69.8. The monoisotopic (exact) mass is 1070 g/mol. The second-order valence-electron chi connectivity index (χ2n) is 22.5. The highest BCUT2D eigenvalue weighted by atomic mass is 16.7. The van der Waals surface area contributed by atoms with E-state index in [9.17, 15) is 45.6 Å². The van der Waals surface area contributed by atoms with Gasteiger partial charge in [0.05, 0.1) is 32.0 Å². The van der Waals surface area contributed by atoms with E-state index in [4.69, 9.17) is 18.9 Å². The molecule has 9 N–H and O–H groups in total. The van der Waals surface area contributed by atoms with Gasteiger partial charge >= 0.3 is 0 Å². The highest BCUT2D eigenvalue weighted by Gasteiger charge is 2.51. The van der Waals surface area contributed by atoms with E-state index in [1.54, 1.807) is 0 Å². The minimum atomic E-state index is -1.78. The molecule has 0 saturated carbocycles. The molecule has 0 spiro atoms. The van der Waals surface area contributed by atoms with E-state index >= 15 is 0 Å². The summed E-state index contributed by atoms with van der Waals surface area (Å²) in [6.07, 6.45) is 38.2. The second kappa shape index (κ2) is 47.5. The van der Waals surface area contributed by atoms with Gasteiger partial charge < -0.3 is 65.1 Å². The number of hydrogen-bond acceptors (Lipinski definition) is 13. The largest absolute Gasteiger partial charge is 0.394 e. The SMILES string of the molecule is CCCC/C=C\CCCCCCCC(=O)NC(COC1OC(CO)C(OC2OC(CO)C(O)C(O)C2O)C(O)C1O)C(O)CCCCCCCCCCCCCCCCCCCCCCCCCCCCCCCC. The van der Waals surface area contributed by atoms with Crippen LogP contribution in [0.15, 0.2) is 12.2 Å². The van der Waals surface area contributed by atoms with E-state index < -0.39 is 86.8 Å². The van der Waals surface area contributed by atoms with Crippen LogP contribution in [0.2, 0.25) is 0 Å². The fourth-order valence-electron chi connectivity index (χ4n) is 10.6. The minimum absolute atomic E-state index is 0.214. The van der Waals surface area contributed by atoms with Gasteiger partial charge in [0, 0.05) is 6.42 Å². The summed E-state index contributed by atoms with van der Waals surface area (Å²) in [5.41, 5.74) is 0. The molecule has 0 bridgehead atoms. The van der Waals surface area contributed by atoms with Crippen molar-refractivity contribution in [3.63, 3.8) is 0 Å². The number of carbonyl (C=O) groups excluding carboxylic acids is 1. The Morgan fingerprint density at radius 2 is 0.853 bits per heavy atom. The van der Waals surface area contributed by atoms with Gasteiger partial charge in [-0.25, -0.2) is 0 Å². The molecule has 0 aromatic rings. The van der Waals surface area contributed by atoms with Gasteiger partial charge in [-0.2, -0.15) is 0 Å². The Morgan fingerprint density at radius 1 is 0.467 bits per heavy atom. The van der Waals surface area contributed by atoms with Crippen molar-refractivity contribution in [2.45, 2.75) is 351 Å². The molecule has 14 nitrogen and oxygen atoms in total. The highest BCUT2D eigenvalue weighted by Crippen LogP contribution is 2.30. The lowest BCUT2D eigenvalue weighted by molar-refractivity contribution is -0.359. The molecule has 2 aliphatic heterocycles. The van der Waals surface area contributed by atoms with Crippen LogP contribution in [0.25, 0.3) is 0 Å². The lowest BCUT2D eigenvalue weighted by Crippen LogP contribution is -2.65. The van der Waals surface area contributed by atoms with E-state index in [1.807, 2.05) is 0 Å². The first-order chi connectivity index (χ1) is 36.6. The fourth-order valence-corrected chi connectivity index (χ4v) is 10.6. The molecule has 2 aliphatic rings. The number of carbonyl (C=O) groups is 1. The Hall–Kier alpha value is -1.27. The van der Waals surface area contributed by atoms with Crippen molar-refractivity contribution >= 4 is 5.91 Å². The Morgan fingerprint density at radius 3 is 1.31 bits per heavy atom. The summed E-state index contributed by atoms with van der Waals surface area (Å²) in [7, 11) is 0. The molecule has 14 heteroatoms. The molecule has 444 valence electrons. The van der Waals surface area contributed by atoms with Gasteiger partial charge in [0.15, 0.2) is 12.6 Å². The first-order valence-corrected chi connectivity index (χ1v) is 31.4. The average Bonchev–Trinajstić information content (AvgIpc) is 3.41. The van der Waals surface area contributed by atoms with E-state index in [-0.39, 0.29) is 12.5 Å². The lowest BCUT2D eigenvalue weighted by Gasteiger charge is -2.46. The van der Waals surface area contributed by atoms with Crippen molar-refractivity contribution in [2.24, 2.45) is 0 Å². The van der Waals surface area contributed by atoms with Gasteiger partial charge in [0.25, 0.3) is 0 Å². The summed E-state index contributed by atoms with van der Waals surface area (Å²) >= 11 is 0. The maximum atomic E-state index is 13.2. The third-order valence-corrected chi connectivity index (χ3v) is 15.7. The number of allylic oxidation sites excluding steroid dienone is 2. The number of amides is 1. The molecule has 12 atom stereocenters. The summed E-state index contributed by atoms with van der Waals surface area (Å²) in [5.74, 6) is -0.214. The Balaban J connectivity index is 1.64. The van der Waals surface area contributed by atoms with Gasteiger partial charge in [-0.1, -0.05) is 251 Å². The Bertz CT molecular complexity index is 1310. The molecule has 75 heavy (non-hydrogen) atoms. The minimum Gasteiger partial charge on any atom is -0.394 e. The lowest BCUT2D eigenvalue weighted by atomic mass is 9.97. The zero-order chi connectivity index (χ0) is 54.6. The molecule has 2 saturated heterocycles. The summed E-state index contributed by atoms with van der Waals surface area (Å²) in [6.45, 7) is 2.84. The van der Waals surface area contributed by atoms with Crippen molar-refractivity contribution in [2.75, 3.05) is 19.8 Å². The van der Waals surface area contributed by atoms with Crippen LogP contribution >= 0.6 is 0 Å². The van der Waals surface area contributed by atoms with Crippen molar-refractivity contribution in [3.8, 4) is 0 Å². The van der Waals surface area contributed by atoms with E-state index in [1.165, 1.54) is 180 Å². The smallest absolute Gasteiger partial charge is 0.220 e. The molecule has 1 amide bonds. The maximum Gasteiger partial charge on any atom is 0.220 e. The van der Waals surface area contributed by atoms with Crippen LogP contribution in [-0.4, -0.2) is 140 Å². The standard InChI is InChI=1S/C61H117NO13/c1-3-5-7-9-11-13-15-16-17-18-19-20-21-22-23-24-25-26-27-28-29-30-31-32-33-35-36-38-40-42-44-50(65)49(62-53(66)45-43-41-39-37-34-14-12-10-8-6-4-2)48-72-60-58(71)56(69)59(52(47-64)74-60)75-61-57(70)55(68)54(67)51(46-63)73-61/h10,12,49-52,54-61,63-65,67-71H,3-9,11,13-48H2,1-2H3,(H,62,66)/b12-10-. The molecule has 2 rings (SSSR count). The molecule has 0 aromatic heterocycles. The molecule has 0 radical (unpaired) electrons. The van der Waals surface area contributed by atoms with Crippen LogP contribution in [0, 0.1) is 0 Å². The zero-order valence-corrected chi connectivity index (χ0v) is 47.8. The predicted molar refractivity (Wildman–Crippen MR) is 300 cm³/mol. The van der Waals surface area contributed by atoms with Gasteiger partial charge in [-0.05, 0) is 32.1 Å². The number of rotatable bonds is 51. The normalized spacial score (nSPS) is 25.0. The van der Waals surface area contributed by atoms with Gasteiger partial charge in [0.2, 0.25) is 5.91 Å². The predicted octanol–water partition coefficient (Wildman–Crippen LogP) is 11.1. The van der Waals surface area contributed by atoms with E-state index in [0.717, 1.165) is 64.2 Å². The van der Waals surface area contributed by atoms with Crippen molar-refractivity contribution in [3.05, 3.63) is 12.2 Å². The maximum absolute atomic E-state index is 13.2. The summed E-state index contributed by atoms with van der Waals surface area (Å²) in [6, 6.07) is -0.829. The molecule has 12 unspecified atom stereocenters. The number of aliphatic hydroxyl groups excluding tert-OH is 8. The van der Waals surface area contributed by atoms with Crippen LogP contribution < -0.4 is 5.32 Å². The van der Waals surface area contributed by atoms with Gasteiger partial charge in [-0.15, -0.1) is 0 Å². The molecular formula is C61H117NO13. The van der Waals surface area contributed by atoms with Gasteiger partial charge in [-0.3, -0.25) is 4.79 Å². The van der Waals surface area contributed by atoms with Crippen LogP contribution in [0.5, 0.6) is 0 Å². The fraction of sp³-hybridized carbons (Fsp3) is 0.951. The average molecular weight is 1070 g/mol.